The van der Waals surface area contributed by atoms with E-state index in [2.05, 4.69) is 0 Å². The lowest BCUT2D eigenvalue weighted by Gasteiger charge is -2.10. The van der Waals surface area contributed by atoms with Crippen LogP contribution in [-0.4, -0.2) is 13.2 Å². The molecule has 1 aliphatic rings. The first kappa shape index (κ1) is 9.48. The zero-order chi connectivity index (χ0) is 10.1. The van der Waals surface area contributed by atoms with Gasteiger partial charge in [-0.25, -0.2) is 13.2 Å². The molecule has 76 valence electrons. The highest BCUT2D eigenvalue weighted by Crippen LogP contribution is 2.27. The summed E-state index contributed by atoms with van der Waals surface area (Å²) in [7, 11) is 0. The maximum absolute atomic E-state index is 13.1. The summed E-state index contributed by atoms with van der Waals surface area (Å²) in [5.41, 5.74) is -0.110. The average molecular weight is 204 g/mol. The van der Waals surface area contributed by atoms with Gasteiger partial charge < -0.3 is 9.47 Å². The summed E-state index contributed by atoms with van der Waals surface area (Å²) in [5, 5.41) is 0. The summed E-state index contributed by atoms with van der Waals surface area (Å²) in [4.78, 5) is 0. The fraction of sp³-hybridized carbons (Fsp3) is 0.333. The third-order valence-electron chi connectivity index (χ3n) is 1.92. The second-order valence-corrected chi connectivity index (χ2v) is 2.86. The molecule has 1 aromatic rings. The number of ether oxygens (including phenoxy) is 2. The highest BCUT2D eigenvalue weighted by atomic mass is 19.2. The van der Waals surface area contributed by atoms with E-state index in [0.717, 1.165) is 6.07 Å². The van der Waals surface area contributed by atoms with Gasteiger partial charge in [0.15, 0.2) is 17.9 Å². The van der Waals surface area contributed by atoms with Crippen LogP contribution >= 0.6 is 0 Å². The lowest BCUT2D eigenvalue weighted by molar-refractivity contribution is -0.0467. The summed E-state index contributed by atoms with van der Waals surface area (Å²) >= 11 is 0. The Hall–Kier alpha value is -1.07. The van der Waals surface area contributed by atoms with Crippen LogP contribution in [-0.2, 0) is 9.47 Å². The molecule has 0 aromatic heterocycles. The van der Waals surface area contributed by atoms with Crippen LogP contribution in [0, 0.1) is 17.5 Å². The normalized spacial score (nSPS) is 17.6. The Balaban J connectivity index is 2.37. The molecule has 0 amide bonds. The van der Waals surface area contributed by atoms with Crippen molar-refractivity contribution in [2.45, 2.75) is 6.29 Å². The summed E-state index contributed by atoms with van der Waals surface area (Å²) in [6.45, 7) is 0.645. The van der Waals surface area contributed by atoms with Crippen LogP contribution in [0.4, 0.5) is 13.2 Å². The van der Waals surface area contributed by atoms with Gasteiger partial charge in [0, 0.05) is 11.6 Å². The van der Waals surface area contributed by atoms with E-state index in [9.17, 15) is 13.2 Å². The van der Waals surface area contributed by atoms with E-state index in [1.165, 1.54) is 0 Å². The van der Waals surface area contributed by atoms with Gasteiger partial charge in [-0.05, 0) is 6.07 Å². The molecule has 1 aromatic carbocycles. The minimum Gasteiger partial charge on any atom is -0.346 e. The zero-order valence-corrected chi connectivity index (χ0v) is 7.10. The molecular formula is C9H7F3O2. The van der Waals surface area contributed by atoms with E-state index in [4.69, 9.17) is 9.47 Å². The van der Waals surface area contributed by atoms with Crippen molar-refractivity contribution in [3.05, 3.63) is 35.1 Å². The lowest BCUT2D eigenvalue weighted by Crippen LogP contribution is -2.03. The molecule has 0 spiro atoms. The van der Waals surface area contributed by atoms with Gasteiger partial charge in [-0.2, -0.15) is 0 Å². The van der Waals surface area contributed by atoms with Crippen LogP contribution in [0.2, 0.25) is 0 Å². The monoisotopic (exact) mass is 204 g/mol. The Labute approximate surface area is 78.2 Å². The van der Waals surface area contributed by atoms with Crippen LogP contribution < -0.4 is 0 Å². The molecule has 0 unspecified atom stereocenters. The van der Waals surface area contributed by atoms with Gasteiger partial charge >= 0.3 is 0 Å². The van der Waals surface area contributed by atoms with E-state index < -0.39 is 23.7 Å². The van der Waals surface area contributed by atoms with Crippen molar-refractivity contribution in [1.29, 1.82) is 0 Å². The molecule has 14 heavy (non-hydrogen) atoms. The van der Waals surface area contributed by atoms with E-state index in [-0.39, 0.29) is 5.56 Å². The summed E-state index contributed by atoms with van der Waals surface area (Å²) in [5.74, 6) is -3.19. The van der Waals surface area contributed by atoms with Crippen molar-refractivity contribution in [3.8, 4) is 0 Å². The third kappa shape index (κ3) is 1.60. The SMILES string of the molecule is Fc1cc(F)c(C2OCCO2)cc1F. The number of halogens is 3. The fourth-order valence-corrected chi connectivity index (χ4v) is 1.26. The molecule has 0 atom stereocenters. The van der Waals surface area contributed by atoms with E-state index in [1.807, 2.05) is 0 Å². The van der Waals surface area contributed by atoms with Gasteiger partial charge in [0.2, 0.25) is 0 Å². The summed E-state index contributed by atoms with van der Waals surface area (Å²) in [6.07, 6.45) is -0.926. The van der Waals surface area contributed by atoms with Crippen LogP contribution in [0.25, 0.3) is 0 Å². The fourth-order valence-electron chi connectivity index (χ4n) is 1.26. The van der Waals surface area contributed by atoms with Crippen molar-refractivity contribution in [3.63, 3.8) is 0 Å². The minimum absolute atomic E-state index is 0.110. The molecule has 2 rings (SSSR count). The van der Waals surface area contributed by atoms with Crippen molar-refractivity contribution in [1.82, 2.24) is 0 Å². The van der Waals surface area contributed by atoms with Gasteiger partial charge in [-0.1, -0.05) is 0 Å². The van der Waals surface area contributed by atoms with Crippen LogP contribution in [0.3, 0.4) is 0 Å². The molecule has 0 N–H and O–H groups in total. The summed E-state index contributed by atoms with van der Waals surface area (Å²) < 4.78 is 48.4. The molecular weight excluding hydrogens is 197 g/mol. The van der Waals surface area contributed by atoms with E-state index >= 15 is 0 Å². The van der Waals surface area contributed by atoms with Crippen LogP contribution in [0.15, 0.2) is 12.1 Å². The maximum Gasteiger partial charge on any atom is 0.186 e. The van der Waals surface area contributed by atoms with Crippen molar-refractivity contribution >= 4 is 0 Å². The molecule has 1 aliphatic heterocycles. The van der Waals surface area contributed by atoms with Crippen molar-refractivity contribution in [2.75, 3.05) is 13.2 Å². The molecule has 1 heterocycles. The highest BCUT2D eigenvalue weighted by molar-refractivity contribution is 5.21. The molecule has 0 bridgehead atoms. The molecule has 5 heteroatoms. The average Bonchev–Trinajstić information content (AvgIpc) is 2.64. The predicted octanol–water partition coefficient (Wildman–Crippen LogP) is 2.15. The minimum atomic E-state index is -1.22. The lowest BCUT2D eigenvalue weighted by atomic mass is 10.2. The molecule has 0 aliphatic carbocycles. The smallest absolute Gasteiger partial charge is 0.186 e. The zero-order valence-electron chi connectivity index (χ0n) is 7.10. The number of rotatable bonds is 1. The second-order valence-electron chi connectivity index (χ2n) is 2.86. The Morgan fingerprint density at radius 2 is 1.50 bits per heavy atom. The first-order chi connectivity index (χ1) is 6.68. The topological polar surface area (TPSA) is 18.5 Å². The van der Waals surface area contributed by atoms with Gasteiger partial charge in [0.1, 0.15) is 5.82 Å². The first-order valence-electron chi connectivity index (χ1n) is 4.06. The summed E-state index contributed by atoms with van der Waals surface area (Å²) in [6, 6.07) is 1.23. The third-order valence-corrected chi connectivity index (χ3v) is 1.92. The molecule has 1 saturated heterocycles. The van der Waals surface area contributed by atoms with Gasteiger partial charge in [0.05, 0.1) is 13.2 Å². The molecule has 0 radical (unpaired) electrons. The van der Waals surface area contributed by atoms with Gasteiger partial charge in [-0.15, -0.1) is 0 Å². The Bertz CT molecular complexity index is 348. The maximum atomic E-state index is 13.1. The quantitative estimate of drug-likeness (QED) is 0.652. The van der Waals surface area contributed by atoms with Crippen LogP contribution in [0.5, 0.6) is 0 Å². The van der Waals surface area contributed by atoms with Crippen LogP contribution in [0.1, 0.15) is 11.9 Å². The van der Waals surface area contributed by atoms with E-state index in [0.29, 0.717) is 19.3 Å². The highest BCUT2D eigenvalue weighted by Gasteiger charge is 2.23. The largest absolute Gasteiger partial charge is 0.346 e. The first-order valence-corrected chi connectivity index (χ1v) is 4.06. The molecule has 0 saturated carbocycles. The Kier molecular flexibility index (Phi) is 2.43. The number of hydrogen-bond acceptors (Lipinski definition) is 2. The standard InChI is InChI=1S/C9H7F3O2/c10-6-4-8(12)7(11)3-5(6)9-13-1-2-14-9/h3-4,9H,1-2H2. The molecule has 2 nitrogen and oxygen atoms in total. The second kappa shape index (κ2) is 3.59. The van der Waals surface area contributed by atoms with Gasteiger partial charge in [-0.3, -0.25) is 0 Å². The predicted molar refractivity (Wildman–Crippen MR) is 41.0 cm³/mol. The van der Waals surface area contributed by atoms with Gasteiger partial charge in [0.25, 0.3) is 0 Å². The number of hydrogen-bond donors (Lipinski definition) is 0. The Morgan fingerprint density at radius 1 is 0.929 bits per heavy atom. The molecule has 1 fully saturated rings. The van der Waals surface area contributed by atoms with E-state index in [1.54, 1.807) is 0 Å². The van der Waals surface area contributed by atoms with Crippen molar-refractivity contribution in [2.24, 2.45) is 0 Å². The Morgan fingerprint density at radius 3 is 2.14 bits per heavy atom. The number of benzene rings is 1. The van der Waals surface area contributed by atoms with Crippen molar-refractivity contribution < 1.29 is 22.6 Å².